The molecule has 7 heteroatoms. The number of benzene rings is 2. The molecule has 1 heterocycles. The van der Waals surface area contributed by atoms with E-state index < -0.39 is 17.6 Å². The minimum Gasteiger partial charge on any atom is -0.422 e. The van der Waals surface area contributed by atoms with Crippen LogP contribution in [0.2, 0.25) is 0 Å². The first kappa shape index (κ1) is 15.9. The number of carbonyl (C=O) groups is 2. The number of para-hydroxylation sites is 1. The molecule has 0 unspecified atom stereocenters. The first-order valence-electron chi connectivity index (χ1n) is 6.94. The third-order valence-electron chi connectivity index (χ3n) is 3.22. The van der Waals surface area contributed by atoms with E-state index >= 15 is 0 Å². The highest BCUT2D eigenvalue weighted by Gasteiger charge is 2.16. The highest BCUT2D eigenvalue weighted by molar-refractivity contribution is 9.10. The smallest absolute Gasteiger partial charge is 0.349 e. The molecule has 0 atom stereocenters. The lowest BCUT2D eigenvalue weighted by Crippen LogP contribution is -2.36. The molecule has 0 spiro atoms. The molecule has 0 saturated carbocycles. The van der Waals surface area contributed by atoms with Crippen molar-refractivity contribution >= 4 is 44.5 Å². The van der Waals surface area contributed by atoms with Crippen LogP contribution in [0, 0.1) is 0 Å². The molecule has 3 aromatic rings. The van der Waals surface area contributed by atoms with E-state index in [2.05, 4.69) is 26.6 Å². The number of carbonyl (C=O) groups excluding carboxylic acids is 2. The fraction of sp³-hybridized carbons (Fsp3) is 0. The van der Waals surface area contributed by atoms with Crippen LogP contribution in [0.3, 0.4) is 0 Å². The maximum atomic E-state index is 12.1. The summed E-state index contributed by atoms with van der Waals surface area (Å²) in [6, 6.07) is 14.3. The van der Waals surface area contributed by atoms with Gasteiger partial charge in [-0.25, -0.2) is 9.59 Å². The Morgan fingerprint density at radius 3 is 2.46 bits per heavy atom. The summed E-state index contributed by atoms with van der Waals surface area (Å²) in [6.07, 6.45) is 0. The minimum atomic E-state index is -0.830. The van der Waals surface area contributed by atoms with E-state index in [1.54, 1.807) is 48.5 Å². The maximum absolute atomic E-state index is 12.1. The molecular weight excluding hydrogens is 376 g/mol. The zero-order valence-corrected chi connectivity index (χ0v) is 13.8. The summed E-state index contributed by atoms with van der Waals surface area (Å²) in [6.45, 7) is 0. The van der Waals surface area contributed by atoms with E-state index in [4.69, 9.17) is 4.42 Å². The predicted octanol–water partition coefficient (Wildman–Crippen LogP) is 3.52. The van der Waals surface area contributed by atoms with Gasteiger partial charge in [-0.2, -0.15) is 0 Å². The molecule has 120 valence electrons. The van der Waals surface area contributed by atoms with Gasteiger partial charge < -0.3 is 9.73 Å². The molecule has 0 aliphatic rings. The van der Waals surface area contributed by atoms with Crippen LogP contribution in [-0.2, 0) is 0 Å². The van der Waals surface area contributed by atoms with Crippen LogP contribution in [0.5, 0.6) is 0 Å². The average molecular weight is 387 g/mol. The number of fused-ring (bicyclic) bond motifs is 1. The molecule has 2 N–H and O–H groups in total. The molecule has 24 heavy (non-hydrogen) atoms. The van der Waals surface area contributed by atoms with Crippen molar-refractivity contribution in [1.82, 2.24) is 5.32 Å². The second-order valence-corrected chi connectivity index (χ2v) is 5.82. The molecule has 3 amide bonds. The van der Waals surface area contributed by atoms with Gasteiger partial charge in [-0.3, -0.25) is 10.1 Å². The van der Waals surface area contributed by atoms with Gasteiger partial charge >= 0.3 is 11.7 Å². The van der Waals surface area contributed by atoms with Crippen LogP contribution < -0.4 is 16.3 Å². The van der Waals surface area contributed by atoms with Crippen molar-refractivity contribution in [3.8, 4) is 0 Å². The molecular formula is C17H11BrN2O4. The lowest BCUT2D eigenvalue weighted by Gasteiger charge is -2.06. The van der Waals surface area contributed by atoms with Gasteiger partial charge in [0, 0.05) is 15.5 Å². The molecule has 0 aliphatic carbocycles. The maximum Gasteiger partial charge on any atom is 0.349 e. The molecule has 1 aromatic heterocycles. The zero-order valence-electron chi connectivity index (χ0n) is 12.2. The van der Waals surface area contributed by atoms with Crippen molar-refractivity contribution < 1.29 is 14.0 Å². The normalized spacial score (nSPS) is 10.4. The number of amides is 3. The van der Waals surface area contributed by atoms with E-state index in [1.165, 1.54) is 6.07 Å². The molecule has 0 fully saturated rings. The summed E-state index contributed by atoms with van der Waals surface area (Å²) in [7, 11) is 0. The largest absolute Gasteiger partial charge is 0.422 e. The summed E-state index contributed by atoms with van der Waals surface area (Å²) in [4.78, 5) is 35.9. The van der Waals surface area contributed by atoms with E-state index in [0.717, 1.165) is 4.47 Å². The van der Waals surface area contributed by atoms with Crippen molar-refractivity contribution in [2.75, 3.05) is 5.32 Å². The summed E-state index contributed by atoms with van der Waals surface area (Å²) >= 11 is 3.28. The minimum absolute atomic E-state index is 0.236. The van der Waals surface area contributed by atoms with E-state index in [0.29, 0.717) is 16.7 Å². The highest BCUT2D eigenvalue weighted by atomic mass is 79.9. The first-order valence-corrected chi connectivity index (χ1v) is 7.73. The number of hydrogen-bond acceptors (Lipinski definition) is 4. The fourth-order valence-electron chi connectivity index (χ4n) is 2.09. The fourth-order valence-corrected chi connectivity index (χ4v) is 2.35. The van der Waals surface area contributed by atoms with Crippen molar-refractivity contribution in [3.05, 3.63) is 75.1 Å². The third-order valence-corrected chi connectivity index (χ3v) is 3.74. The Hall–Kier alpha value is -2.93. The van der Waals surface area contributed by atoms with E-state index in [9.17, 15) is 14.4 Å². The molecule has 0 radical (unpaired) electrons. The second-order valence-electron chi connectivity index (χ2n) is 4.90. The average Bonchev–Trinajstić information content (AvgIpc) is 2.56. The van der Waals surface area contributed by atoms with Crippen LogP contribution >= 0.6 is 15.9 Å². The molecule has 6 nitrogen and oxygen atoms in total. The van der Waals surface area contributed by atoms with Crippen LogP contribution in [0.4, 0.5) is 10.5 Å². The van der Waals surface area contributed by atoms with Gasteiger partial charge in [0.2, 0.25) is 0 Å². The van der Waals surface area contributed by atoms with Gasteiger partial charge in [0.15, 0.2) is 0 Å². The molecule has 0 bridgehead atoms. The Labute approximate surface area is 144 Å². The predicted molar refractivity (Wildman–Crippen MR) is 93.1 cm³/mol. The lowest BCUT2D eigenvalue weighted by molar-refractivity contribution is 0.0963. The molecule has 3 rings (SSSR count). The van der Waals surface area contributed by atoms with Crippen molar-refractivity contribution in [1.29, 1.82) is 0 Å². The highest BCUT2D eigenvalue weighted by Crippen LogP contribution is 2.14. The summed E-state index contributed by atoms with van der Waals surface area (Å²) < 4.78 is 5.93. The van der Waals surface area contributed by atoms with Crippen molar-refractivity contribution in [2.45, 2.75) is 0 Å². The van der Waals surface area contributed by atoms with Crippen LogP contribution in [0.1, 0.15) is 10.4 Å². The SMILES string of the molecule is O=C(NC(=O)c1cc2ccccc2oc1=O)Nc1ccc(Br)cc1. The van der Waals surface area contributed by atoms with Gasteiger partial charge in [0.25, 0.3) is 5.91 Å². The number of imide groups is 1. The van der Waals surface area contributed by atoms with Gasteiger partial charge in [-0.15, -0.1) is 0 Å². The van der Waals surface area contributed by atoms with Gasteiger partial charge in [0.1, 0.15) is 11.1 Å². The Kier molecular flexibility index (Phi) is 4.43. The van der Waals surface area contributed by atoms with Crippen LogP contribution in [-0.4, -0.2) is 11.9 Å². The Balaban J connectivity index is 1.77. The standard InChI is InChI=1S/C17H11BrN2O4/c18-11-5-7-12(8-6-11)19-17(23)20-15(21)13-9-10-3-1-2-4-14(10)24-16(13)22/h1-9H,(H2,19,20,21,23). The Bertz CT molecular complexity index is 980. The van der Waals surface area contributed by atoms with Crippen molar-refractivity contribution in [3.63, 3.8) is 0 Å². The number of rotatable bonds is 2. The van der Waals surface area contributed by atoms with Gasteiger partial charge in [-0.05, 0) is 36.4 Å². The summed E-state index contributed by atoms with van der Waals surface area (Å²) in [5.41, 5.74) is -0.158. The Morgan fingerprint density at radius 1 is 1.00 bits per heavy atom. The Morgan fingerprint density at radius 2 is 1.71 bits per heavy atom. The van der Waals surface area contributed by atoms with E-state index in [-0.39, 0.29) is 5.56 Å². The summed E-state index contributed by atoms with van der Waals surface area (Å²) in [5, 5.41) is 5.20. The van der Waals surface area contributed by atoms with Crippen LogP contribution in [0.15, 0.2) is 68.3 Å². The zero-order chi connectivity index (χ0) is 17.1. The number of nitrogens with one attached hydrogen (secondary N) is 2. The third kappa shape index (κ3) is 3.52. The number of anilines is 1. The molecule has 0 saturated heterocycles. The summed E-state index contributed by atoms with van der Waals surface area (Å²) in [5.74, 6) is -0.830. The lowest BCUT2D eigenvalue weighted by atomic mass is 10.2. The van der Waals surface area contributed by atoms with E-state index in [1.807, 2.05) is 0 Å². The number of halogens is 1. The first-order chi connectivity index (χ1) is 11.5. The number of urea groups is 1. The number of hydrogen-bond donors (Lipinski definition) is 2. The second kappa shape index (κ2) is 6.67. The quantitative estimate of drug-likeness (QED) is 0.659. The topological polar surface area (TPSA) is 88.4 Å². The van der Waals surface area contributed by atoms with Crippen LogP contribution in [0.25, 0.3) is 11.0 Å². The monoisotopic (exact) mass is 386 g/mol. The molecule has 2 aromatic carbocycles. The molecule has 0 aliphatic heterocycles. The van der Waals surface area contributed by atoms with Crippen molar-refractivity contribution in [2.24, 2.45) is 0 Å². The van der Waals surface area contributed by atoms with Gasteiger partial charge in [-0.1, -0.05) is 34.1 Å². The van der Waals surface area contributed by atoms with Gasteiger partial charge in [0.05, 0.1) is 0 Å².